The SMILES string of the molecule is c1ccc(Cn2cc(-c3cc[nH]c3)cn2)cc1. The molecule has 0 atom stereocenters. The summed E-state index contributed by atoms with van der Waals surface area (Å²) in [4.78, 5) is 3.05. The molecule has 84 valence electrons. The normalized spacial score (nSPS) is 10.6. The Morgan fingerprint density at radius 1 is 1.06 bits per heavy atom. The number of H-pyrrole nitrogens is 1. The van der Waals surface area contributed by atoms with E-state index in [1.165, 1.54) is 11.1 Å². The zero-order valence-corrected chi connectivity index (χ0v) is 9.38. The van der Waals surface area contributed by atoms with Gasteiger partial charge in [-0.25, -0.2) is 0 Å². The van der Waals surface area contributed by atoms with Crippen LogP contribution in [0.2, 0.25) is 0 Å². The molecular formula is C14H13N3. The Kier molecular flexibility index (Phi) is 2.50. The van der Waals surface area contributed by atoms with Crippen LogP contribution < -0.4 is 0 Å². The van der Waals surface area contributed by atoms with E-state index in [-0.39, 0.29) is 0 Å². The third-order valence-corrected chi connectivity index (χ3v) is 2.75. The highest BCUT2D eigenvalue weighted by Crippen LogP contribution is 2.17. The zero-order valence-electron chi connectivity index (χ0n) is 9.38. The number of benzene rings is 1. The largest absolute Gasteiger partial charge is 0.367 e. The smallest absolute Gasteiger partial charge is 0.0659 e. The number of aromatic nitrogens is 3. The van der Waals surface area contributed by atoms with E-state index in [1.807, 2.05) is 47.5 Å². The molecule has 2 aromatic heterocycles. The van der Waals surface area contributed by atoms with E-state index in [0.717, 1.165) is 12.1 Å². The van der Waals surface area contributed by atoms with Gasteiger partial charge in [-0.15, -0.1) is 0 Å². The molecule has 1 N–H and O–H groups in total. The first-order valence-corrected chi connectivity index (χ1v) is 5.61. The average molecular weight is 223 g/mol. The van der Waals surface area contributed by atoms with Gasteiger partial charge in [-0.2, -0.15) is 5.10 Å². The topological polar surface area (TPSA) is 33.6 Å². The lowest BCUT2D eigenvalue weighted by Crippen LogP contribution is -1.98. The molecule has 0 saturated carbocycles. The van der Waals surface area contributed by atoms with Crippen molar-refractivity contribution in [2.45, 2.75) is 6.54 Å². The zero-order chi connectivity index (χ0) is 11.5. The lowest BCUT2D eigenvalue weighted by molar-refractivity contribution is 0.687. The minimum Gasteiger partial charge on any atom is -0.367 e. The molecule has 0 bridgehead atoms. The first-order chi connectivity index (χ1) is 8.42. The highest BCUT2D eigenvalue weighted by Gasteiger charge is 2.02. The molecule has 0 unspecified atom stereocenters. The Balaban J connectivity index is 1.82. The molecule has 0 radical (unpaired) electrons. The first kappa shape index (κ1) is 9.90. The molecular weight excluding hydrogens is 210 g/mol. The Labute approximate surface area is 99.7 Å². The van der Waals surface area contributed by atoms with Gasteiger partial charge in [0.1, 0.15) is 0 Å². The lowest BCUT2D eigenvalue weighted by atomic mass is 10.2. The van der Waals surface area contributed by atoms with E-state index in [0.29, 0.717) is 0 Å². The van der Waals surface area contributed by atoms with Crippen LogP contribution in [0, 0.1) is 0 Å². The molecule has 1 aromatic carbocycles. The first-order valence-electron chi connectivity index (χ1n) is 5.61. The predicted molar refractivity (Wildman–Crippen MR) is 67.6 cm³/mol. The minimum atomic E-state index is 0.811. The Hall–Kier alpha value is -2.29. The van der Waals surface area contributed by atoms with Crippen LogP contribution in [0.5, 0.6) is 0 Å². The molecule has 0 spiro atoms. The average Bonchev–Trinajstić information content (AvgIpc) is 3.00. The van der Waals surface area contributed by atoms with Gasteiger partial charge in [-0.1, -0.05) is 30.3 Å². The van der Waals surface area contributed by atoms with Crippen molar-refractivity contribution in [2.75, 3.05) is 0 Å². The fraction of sp³-hybridized carbons (Fsp3) is 0.0714. The van der Waals surface area contributed by atoms with Crippen molar-refractivity contribution in [1.82, 2.24) is 14.8 Å². The summed E-state index contributed by atoms with van der Waals surface area (Å²) >= 11 is 0. The summed E-state index contributed by atoms with van der Waals surface area (Å²) in [7, 11) is 0. The van der Waals surface area contributed by atoms with E-state index < -0.39 is 0 Å². The second-order valence-electron chi connectivity index (χ2n) is 4.01. The maximum Gasteiger partial charge on any atom is 0.0659 e. The second kappa shape index (κ2) is 4.29. The standard InChI is InChI=1S/C14H13N3/c1-2-4-12(5-3-1)10-17-11-14(9-16-17)13-6-7-15-8-13/h1-9,11,15H,10H2. The summed E-state index contributed by atoms with van der Waals surface area (Å²) < 4.78 is 1.96. The highest BCUT2D eigenvalue weighted by atomic mass is 15.3. The van der Waals surface area contributed by atoms with E-state index in [4.69, 9.17) is 0 Å². The number of aromatic amines is 1. The van der Waals surface area contributed by atoms with Gasteiger partial charge in [0.05, 0.1) is 12.7 Å². The van der Waals surface area contributed by atoms with Crippen LogP contribution in [0.4, 0.5) is 0 Å². The van der Waals surface area contributed by atoms with Gasteiger partial charge >= 0.3 is 0 Å². The Morgan fingerprint density at radius 2 is 1.94 bits per heavy atom. The van der Waals surface area contributed by atoms with Crippen molar-refractivity contribution < 1.29 is 0 Å². The predicted octanol–water partition coefficient (Wildman–Crippen LogP) is 2.93. The number of nitrogens with one attached hydrogen (secondary N) is 1. The molecule has 0 fully saturated rings. The summed E-state index contributed by atoms with van der Waals surface area (Å²) in [6.07, 6.45) is 7.86. The van der Waals surface area contributed by atoms with Crippen LogP contribution in [0.1, 0.15) is 5.56 Å². The summed E-state index contributed by atoms with van der Waals surface area (Å²) in [6.45, 7) is 0.811. The van der Waals surface area contributed by atoms with Crippen LogP contribution in [-0.2, 0) is 6.54 Å². The van der Waals surface area contributed by atoms with Crippen LogP contribution in [0.15, 0.2) is 61.2 Å². The highest BCUT2D eigenvalue weighted by molar-refractivity contribution is 5.60. The van der Waals surface area contributed by atoms with Crippen molar-refractivity contribution in [3.8, 4) is 11.1 Å². The molecule has 0 aliphatic carbocycles. The van der Waals surface area contributed by atoms with Crippen LogP contribution in [0.3, 0.4) is 0 Å². The summed E-state index contributed by atoms with van der Waals surface area (Å²) in [5.74, 6) is 0. The molecule has 0 saturated heterocycles. The summed E-state index contributed by atoms with van der Waals surface area (Å²) in [5.41, 5.74) is 3.57. The fourth-order valence-corrected chi connectivity index (χ4v) is 1.87. The molecule has 0 aliphatic heterocycles. The van der Waals surface area contributed by atoms with E-state index >= 15 is 0 Å². The van der Waals surface area contributed by atoms with Crippen LogP contribution in [0.25, 0.3) is 11.1 Å². The number of nitrogens with zero attached hydrogens (tertiary/aromatic N) is 2. The molecule has 3 nitrogen and oxygen atoms in total. The maximum absolute atomic E-state index is 4.37. The van der Waals surface area contributed by atoms with Gasteiger partial charge in [0.25, 0.3) is 0 Å². The third-order valence-electron chi connectivity index (χ3n) is 2.75. The minimum absolute atomic E-state index is 0.811. The monoisotopic (exact) mass is 223 g/mol. The van der Waals surface area contributed by atoms with E-state index in [9.17, 15) is 0 Å². The Bertz CT molecular complexity index is 579. The van der Waals surface area contributed by atoms with Crippen LogP contribution in [-0.4, -0.2) is 14.8 Å². The molecule has 2 heterocycles. The quantitative estimate of drug-likeness (QED) is 0.727. The van der Waals surface area contributed by atoms with E-state index in [2.05, 4.69) is 28.4 Å². The molecule has 3 heteroatoms. The van der Waals surface area contributed by atoms with Crippen molar-refractivity contribution in [3.05, 3.63) is 66.7 Å². The molecule has 3 aromatic rings. The second-order valence-corrected chi connectivity index (χ2v) is 4.01. The third kappa shape index (κ3) is 2.13. The van der Waals surface area contributed by atoms with Crippen molar-refractivity contribution in [2.24, 2.45) is 0 Å². The van der Waals surface area contributed by atoms with Crippen molar-refractivity contribution in [3.63, 3.8) is 0 Å². The lowest BCUT2D eigenvalue weighted by Gasteiger charge is -2.00. The molecule has 3 rings (SSSR count). The van der Waals surface area contributed by atoms with Gasteiger partial charge in [0, 0.05) is 29.7 Å². The van der Waals surface area contributed by atoms with Gasteiger partial charge in [0.15, 0.2) is 0 Å². The van der Waals surface area contributed by atoms with Gasteiger partial charge < -0.3 is 4.98 Å². The van der Waals surface area contributed by atoms with Crippen molar-refractivity contribution in [1.29, 1.82) is 0 Å². The summed E-state index contributed by atoms with van der Waals surface area (Å²) in [5, 5.41) is 4.37. The van der Waals surface area contributed by atoms with E-state index in [1.54, 1.807) is 0 Å². The van der Waals surface area contributed by atoms with Gasteiger partial charge in [-0.3, -0.25) is 4.68 Å². The van der Waals surface area contributed by atoms with Crippen molar-refractivity contribution >= 4 is 0 Å². The summed E-state index contributed by atoms with van der Waals surface area (Å²) in [6, 6.07) is 12.4. The Morgan fingerprint density at radius 3 is 2.71 bits per heavy atom. The maximum atomic E-state index is 4.37. The fourth-order valence-electron chi connectivity index (χ4n) is 1.87. The van der Waals surface area contributed by atoms with Crippen LogP contribution >= 0.6 is 0 Å². The molecule has 17 heavy (non-hydrogen) atoms. The number of hydrogen-bond donors (Lipinski definition) is 1. The number of hydrogen-bond acceptors (Lipinski definition) is 1. The molecule has 0 aliphatic rings. The van der Waals surface area contributed by atoms with Gasteiger partial charge in [-0.05, 0) is 11.6 Å². The van der Waals surface area contributed by atoms with Gasteiger partial charge in [0.2, 0.25) is 0 Å². The molecule has 0 amide bonds. The number of rotatable bonds is 3.